The Morgan fingerprint density at radius 1 is 1.14 bits per heavy atom. The number of aromatic nitrogens is 3. The Balaban J connectivity index is 1.80. The Morgan fingerprint density at radius 2 is 1.90 bits per heavy atom. The average molecular weight is 302 g/mol. The summed E-state index contributed by atoms with van der Waals surface area (Å²) in [5, 5.41) is 7.94. The van der Waals surface area contributed by atoms with Crippen molar-refractivity contribution in [2.24, 2.45) is 7.05 Å². The Morgan fingerprint density at radius 3 is 2.67 bits per heavy atom. The summed E-state index contributed by atoms with van der Waals surface area (Å²) < 4.78 is 28.5. The quantitative estimate of drug-likeness (QED) is 0.791. The van der Waals surface area contributed by atoms with Gasteiger partial charge in [0, 0.05) is 13.6 Å². The van der Waals surface area contributed by atoms with Crippen LogP contribution in [0, 0.1) is 0 Å². The zero-order valence-corrected chi connectivity index (χ0v) is 12.2. The van der Waals surface area contributed by atoms with E-state index in [9.17, 15) is 8.42 Å². The summed E-state index contributed by atoms with van der Waals surface area (Å²) in [5.41, 5.74) is 2.49. The number of hydrogen-bond acceptors (Lipinski definition) is 4. The van der Waals surface area contributed by atoms with Crippen LogP contribution in [0.2, 0.25) is 0 Å². The molecule has 7 heteroatoms. The Kier molecular flexibility index (Phi) is 3.44. The molecule has 0 radical (unpaired) electrons. The number of fused-ring (bicyclic) bond motifs is 1. The summed E-state index contributed by atoms with van der Waals surface area (Å²) in [7, 11) is -1.69. The lowest BCUT2D eigenvalue weighted by Gasteiger charge is -2.06. The topological polar surface area (TPSA) is 76.9 Å². The van der Waals surface area contributed by atoms with Gasteiger partial charge in [0.1, 0.15) is 5.52 Å². The molecule has 1 heterocycles. The van der Waals surface area contributed by atoms with E-state index in [1.54, 1.807) is 35.0 Å². The van der Waals surface area contributed by atoms with Crippen LogP contribution in [0.25, 0.3) is 11.0 Å². The van der Waals surface area contributed by atoms with Gasteiger partial charge in [0.05, 0.1) is 10.4 Å². The van der Waals surface area contributed by atoms with Gasteiger partial charge in [-0.1, -0.05) is 29.5 Å². The predicted octanol–water partition coefficient (Wildman–Crippen LogP) is 1.45. The maximum atomic E-state index is 12.1. The van der Waals surface area contributed by atoms with Crippen LogP contribution < -0.4 is 4.72 Å². The lowest BCUT2D eigenvalue weighted by Crippen LogP contribution is -2.23. The van der Waals surface area contributed by atoms with E-state index in [1.807, 2.05) is 25.2 Å². The number of nitrogens with zero attached hydrogens (tertiary/aromatic N) is 3. The summed E-state index contributed by atoms with van der Waals surface area (Å²) in [6, 6.07) is 13.9. The smallest absolute Gasteiger partial charge is 0.240 e. The van der Waals surface area contributed by atoms with Crippen LogP contribution in [0.5, 0.6) is 0 Å². The zero-order chi connectivity index (χ0) is 14.9. The van der Waals surface area contributed by atoms with Crippen LogP contribution in [0.1, 0.15) is 5.56 Å². The van der Waals surface area contributed by atoms with Gasteiger partial charge in [-0.25, -0.2) is 17.8 Å². The fourth-order valence-electron chi connectivity index (χ4n) is 2.06. The monoisotopic (exact) mass is 302 g/mol. The normalized spacial score (nSPS) is 11.9. The van der Waals surface area contributed by atoms with Crippen molar-refractivity contribution in [3.63, 3.8) is 0 Å². The molecule has 1 N–H and O–H groups in total. The van der Waals surface area contributed by atoms with Gasteiger partial charge in [-0.2, -0.15) is 0 Å². The fraction of sp³-hybridized carbons (Fsp3) is 0.143. The van der Waals surface area contributed by atoms with Gasteiger partial charge in [0.25, 0.3) is 0 Å². The third-order valence-corrected chi connectivity index (χ3v) is 4.61. The molecule has 0 saturated heterocycles. The first kappa shape index (κ1) is 13.7. The highest BCUT2D eigenvalue weighted by atomic mass is 32.2. The highest BCUT2D eigenvalue weighted by Crippen LogP contribution is 2.13. The second-order valence-corrected chi connectivity index (χ2v) is 6.44. The van der Waals surface area contributed by atoms with E-state index in [0.29, 0.717) is 0 Å². The first-order valence-corrected chi connectivity index (χ1v) is 7.87. The van der Waals surface area contributed by atoms with Gasteiger partial charge >= 0.3 is 0 Å². The highest BCUT2D eigenvalue weighted by molar-refractivity contribution is 7.89. The van der Waals surface area contributed by atoms with E-state index in [4.69, 9.17) is 0 Å². The first-order chi connectivity index (χ1) is 10.1. The summed E-state index contributed by atoms with van der Waals surface area (Å²) >= 11 is 0. The van der Waals surface area contributed by atoms with Gasteiger partial charge < -0.3 is 0 Å². The van der Waals surface area contributed by atoms with Crippen LogP contribution in [-0.4, -0.2) is 23.4 Å². The van der Waals surface area contributed by atoms with Gasteiger partial charge in [-0.3, -0.25) is 0 Å². The minimum Gasteiger partial charge on any atom is -0.248 e. The molecule has 3 rings (SSSR count). The second kappa shape index (κ2) is 5.27. The number of benzene rings is 2. The van der Waals surface area contributed by atoms with Crippen LogP contribution >= 0.6 is 0 Å². The second-order valence-electron chi connectivity index (χ2n) is 4.67. The van der Waals surface area contributed by atoms with Crippen molar-refractivity contribution in [2.45, 2.75) is 11.4 Å². The molecule has 0 unspecified atom stereocenters. The summed E-state index contributed by atoms with van der Waals surface area (Å²) in [5.74, 6) is 0. The maximum Gasteiger partial charge on any atom is 0.240 e. The standard InChI is InChI=1S/C14H14N4O2S/c1-18-14-8-7-11(9-13(14)16-17-18)10-15-21(19,20)12-5-3-2-4-6-12/h2-9,15H,10H2,1H3. The molecule has 0 saturated carbocycles. The van der Waals surface area contributed by atoms with Crippen molar-refractivity contribution >= 4 is 21.1 Å². The number of aryl methyl sites for hydroxylation is 1. The van der Waals surface area contributed by atoms with Crippen molar-refractivity contribution in [2.75, 3.05) is 0 Å². The van der Waals surface area contributed by atoms with Gasteiger partial charge in [0.2, 0.25) is 10.0 Å². The number of sulfonamides is 1. The van der Waals surface area contributed by atoms with Crippen molar-refractivity contribution < 1.29 is 8.42 Å². The highest BCUT2D eigenvalue weighted by Gasteiger charge is 2.13. The molecule has 3 aromatic rings. The first-order valence-electron chi connectivity index (χ1n) is 6.39. The number of hydrogen-bond donors (Lipinski definition) is 1. The minimum atomic E-state index is -3.50. The molecule has 108 valence electrons. The van der Waals surface area contributed by atoms with Gasteiger partial charge in [-0.15, -0.1) is 5.10 Å². The third kappa shape index (κ3) is 2.79. The molecule has 0 amide bonds. The van der Waals surface area contributed by atoms with Crippen LogP contribution in [-0.2, 0) is 23.6 Å². The van der Waals surface area contributed by atoms with E-state index in [-0.39, 0.29) is 11.4 Å². The predicted molar refractivity (Wildman–Crippen MR) is 79.0 cm³/mol. The Hall–Kier alpha value is -2.25. The van der Waals surface area contributed by atoms with Crippen LogP contribution in [0.4, 0.5) is 0 Å². The van der Waals surface area contributed by atoms with Crippen LogP contribution in [0.15, 0.2) is 53.4 Å². The molecule has 21 heavy (non-hydrogen) atoms. The van der Waals surface area contributed by atoms with Gasteiger partial charge in [0.15, 0.2) is 0 Å². The Labute approximate surface area is 122 Å². The van der Waals surface area contributed by atoms with E-state index in [2.05, 4.69) is 15.0 Å². The largest absolute Gasteiger partial charge is 0.248 e. The molecular weight excluding hydrogens is 288 g/mol. The van der Waals surface area contributed by atoms with Crippen molar-refractivity contribution in [1.29, 1.82) is 0 Å². The lowest BCUT2D eigenvalue weighted by molar-refractivity contribution is 0.581. The van der Waals surface area contributed by atoms with E-state index in [0.717, 1.165) is 16.6 Å². The minimum absolute atomic E-state index is 0.212. The Bertz CT molecular complexity index is 872. The van der Waals surface area contributed by atoms with E-state index in [1.165, 1.54) is 0 Å². The fourth-order valence-corrected chi connectivity index (χ4v) is 3.10. The molecule has 0 bridgehead atoms. The molecule has 0 aliphatic carbocycles. The summed E-state index contributed by atoms with van der Waals surface area (Å²) in [6.45, 7) is 0.212. The molecule has 1 aromatic heterocycles. The maximum absolute atomic E-state index is 12.1. The number of nitrogens with one attached hydrogen (secondary N) is 1. The van der Waals surface area contributed by atoms with E-state index < -0.39 is 10.0 Å². The third-order valence-electron chi connectivity index (χ3n) is 3.19. The molecule has 0 aliphatic heterocycles. The zero-order valence-electron chi connectivity index (χ0n) is 11.4. The van der Waals surface area contributed by atoms with Crippen molar-refractivity contribution in [1.82, 2.24) is 19.7 Å². The molecule has 0 atom stereocenters. The van der Waals surface area contributed by atoms with Crippen molar-refractivity contribution in [3.8, 4) is 0 Å². The molecule has 2 aromatic carbocycles. The van der Waals surface area contributed by atoms with Crippen LogP contribution in [0.3, 0.4) is 0 Å². The molecule has 0 spiro atoms. The number of rotatable bonds is 4. The van der Waals surface area contributed by atoms with Crippen molar-refractivity contribution in [3.05, 3.63) is 54.1 Å². The molecule has 0 aliphatic rings. The van der Waals surface area contributed by atoms with Gasteiger partial charge in [-0.05, 0) is 29.8 Å². The lowest BCUT2D eigenvalue weighted by atomic mass is 10.2. The molecular formula is C14H14N4O2S. The summed E-state index contributed by atoms with van der Waals surface area (Å²) in [6.07, 6.45) is 0. The molecule has 0 fully saturated rings. The summed E-state index contributed by atoms with van der Waals surface area (Å²) in [4.78, 5) is 0.255. The molecule has 6 nitrogen and oxygen atoms in total. The van der Waals surface area contributed by atoms with E-state index >= 15 is 0 Å². The average Bonchev–Trinajstić information content (AvgIpc) is 2.87. The SMILES string of the molecule is Cn1nnc2cc(CNS(=O)(=O)c3ccccc3)ccc21.